The van der Waals surface area contributed by atoms with E-state index in [1.165, 1.54) is 43.8 Å². The first-order valence-electron chi connectivity index (χ1n) is 9.02. The van der Waals surface area contributed by atoms with Crippen molar-refractivity contribution in [3.05, 3.63) is 53.5 Å². The van der Waals surface area contributed by atoms with Crippen molar-refractivity contribution in [2.45, 2.75) is 0 Å². The molecular formula is C20H18N4O5S2. The van der Waals surface area contributed by atoms with E-state index >= 15 is 0 Å². The lowest BCUT2D eigenvalue weighted by molar-refractivity contribution is 0.0600. The number of esters is 1. The highest BCUT2D eigenvalue weighted by Crippen LogP contribution is 2.38. The van der Waals surface area contributed by atoms with E-state index in [0.29, 0.717) is 5.01 Å². The first kappa shape index (κ1) is 20.8. The van der Waals surface area contributed by atoms with Crippen molar-refractivity contribution < 1.29 is 22.7 Å². The van der Waals surface area contributed by atoms with Gasteiger partial charge in [-0.3, -0.25) is 4.68 Å². The maximum absolute atomic E-state index is 12.2. The number of aromatic nitrogens is 3. The number of benzene rings is 2. The van der Waals surface area contributed by atoms with Gasteiger partial charge in [0.1, 0.15) is 16.4 Å². The third-order valence-corrected chi connectivity index (χ3v) is 6.30. The summed E-state index contributed by atoms with van der Waals surface area (Å²) in [5.41, 5.74) is 2.23. The Morgan fingerprint density at radius 2 is 2.00 bits per heavy atom. The molecule has 0 saturated heterocycles. The summed E-state index contributed by atoms with van der Waals surface area (Å²) in [5, 5.41) is 7.55. The molecule has 160 valence electrons. The van der Waals surface area contributed by atoms with Gasteiger partial charge in [-0.25, -0.2) is 22.5 Å². The van der Waals surface area contributed by atoms with Crippen molar-refractivity contribution in [3.63, 3.8) is 0 Å². The second-order valence-corrected chi connectivity index (χ2v) is 8.18. The first-order valence-corrected chi connectivity index (χ1v) is 11.0. The molecule has 9 nitrogen and oxygen atoms in total. The molecule has 2 aromatic carbocycles. The highest BCUT2D eigenvalue weighted by molar-refractivity contribution is 7.74. The molecule has 0 aliphatic rings. The summed E-state index contributed by atoms with van der Waals surface area (Å²) in [6.07, 6.45) is 1.77. The van der Waals surface area contributed by atoms with Crippen LogP contribution in [0.2, 0.25) is 0 Å². The number of aryl methyl sites for hydroxylation is 1. The highest BCUT2D eigenvalue weighted by Gasteiger charge is 2.22. The Bertz CT molecular complexity index is 1350. The van der Waals surface area contributed by atoms with E-state index in [1.807, 2.05) is 25.2 Å². The van der Waals surface area contributed by atoms with Gasteiger partial charge in [-0.1, -0.05) is 12.1 Å². The fourth-order valence-corrected chi connectivity index (χ4v) is 4.79. The molecule has 0 bridgehead atoms. The van der Waals surface area contributed by atoms with E-state index in [-0.39, 0.29) is 22.8 Å². The van der Waals surface area contributed by atoms with Crippen molar-refractivity contribution in [1.82, 2.24) is 14.8 Å². The van der Waals surface area contributed by atoms with Crippen LogP contribution in [0.5, 0.6) is 5.75 Å². The van der Waals surface area contributed by atoms with Crippen molar-refractivity contribution in [2.75, 3.05) is 18.5 Å². The van der Waals surface area contributed by atoms with Gasteiger partial charge in [0.05, 0.1) is 31.5 Å². The number of fused-ring (bicyclic) bond motifs is 1. The second kappa shape index (κ2) is 8.36. The predicted octanol–water partition coefficient (Wildman–Crippen LogP) is 3.16. The lowest BCUT2D eigenvalue weighted by atomic mass is 10.1. The minimum atomic E-state index is -3.09. The number of anilines is 2. The summed E-state index contributed by atoms with van der Waals surface area (Å²) in [4.78, 5) is 16.4. The van der Waals surface area contributed by atoms with E-state index in [2.05, 4.69) is 10.1 Å². The normalized spacial score (nSPS) is 11.1. The third kappa shape index (κ3) is 3.73. The van der Waals surface area contributed by atoms with Crippen LogP contribution in [0.4, 0.5) is 11.5 Å². The Labute approximate surface area is 183 Å². The molecule has 0 unspecified atom stereocenters. The maximum Gasteiger partial charge on any atom is 0.337 e. The number of methoxy groups -OCH3 is 2. The van der Waals surface area contributed by atoms with E-state index in [1.54, 1.807) is 16.3 Å². The van der Waals surface area contributed by atoms with Gasteiger partial charge in [0.15, 0.2) is 5.82 Å². The van der Waals surface area contributed by atoms with Crippen LogP contribution in [-0.4, -0.2) is 43.4 Å². The minimum absolute atomic E-state index is 0.199. The number of para-hydroxylation sites is 1. The number of ether oxygens (including phenoxy) is 2. The molecule has 31 heavy (non-hydrogen) atoms. The van der Waals surface area contributed by atoms with Crippen molar-refractivity contribution in [1.29, 1.82) is 0 Å². The Kier molecular flexibility index (Phi) is 5.61. The molecule has 0 atom stereocenters. The van der Waals surface area contributed by atoms with Crippen LogP contribution < -0.4 is 9.04 Å². The van der Waals surface area contributed by atoms with Gasteiger partial charge in [-0.15, -0.1) is 11.3 Å². The van der Waals surface area contributed by atoms with E-state index < -0.39 is 16.9 Å². The number of rotatable bonds is 6. The molecular weight excluding hydrogens is 440 g/mol. The molecule has 0 N–H and O–H groups in total. The number of carbonyl (C=O) groups excluding carboxylic acids is 1. The monoisotopic (exact) mass is 458 g/mol. The molecule has 0 fully saturated rings. The number of thiazole rings is 1. The Morgan fingerprint density at radius 1 is 1.19 bits per heavy atom. The summed E-state index contributed by atoms with van der Waals surface area (Å²) in [7, 11) is 1.41. The standard InChI is InChI=1S/C20H18N4O5S2/c1-23-18-13(10-21-23)5-4-6-14(18)19-22-17(11-30-19)24(31(26)27)15-8-7-12(20(25)29-3)9-16(15)28-2/h4-11,31H,1-3H3. The summed E-state index contributed by atoms with van der Waals surface area (Å²) >= 11 is 1.32. The van der Waals surface area contributed by atoms with Crippen molar-refractivity contribution in [2.24, 2.45) is 7.05 Å². The second-order valence-electron chi connectivity index (χ2n) is 6.45. The zero-order chi connectivity index (χ0) is 22.1. The van der Waals surface area contributed by atoms with Gasteiger partial charge in [0.2, 0.25) is 10.9 Å². The maximum atomic E-state index is 12.2. The zero-order valence-corrected chi connectivity index (χ0v) is 18.5. The highest BCUT2D eigenvalue weighted by atomic mass is 32.2. The van der Waals surface area contributed by atoms with Gasteiger partial charge in [0, 0.05) is 23.4 Å². The van der Waals surface area contributed by atoms with Crippen LogP contribution in [0.15, 0.2) is 48.0 Å². The van der Waals surface area contributed by atoms with Gasteiger partial charge in [0.25, 0.3) is 0 Å². The molecule has 0 aliphatic heterocycles. The molecule has 0 amide bonds. The van der Waals surface area contributed by atoms with Crippen LogP contribution in [0.25, 0.3) is 21.5 Å². The van der Waals surface area contributed by atoms with E-state index in [4.69, 9.17) is 9.47 Å². The number of hydrogen-bond donors (Lipinski definition) is 1. The van der Waals surface area contributed by atoms with Gasteiger partial charge in [-0.2, -0.15) is 5.10 Å². The minimum Gasteiger partial charge on any atom is -0.495 e. The van der Waals surface area contributed by atoms with Crippen molar-refractivity contribution >= 4 is 50.6 Å². The SMILES string of the molecule is COC(=O)c1ccc(N(c2csc(-c3cccc4cnn(C)c34)n2)[SH](=O)=O)c(OC)c1. The Balaban J connectivity index is 1.80. The van der Waals surface area contributed by atoms with Gasteiger partial charge >= 0.3 is 5.97 Å². The summed E-state index contributed by atoms with van der Waals surface area (Å²) in [6, 6.07) is 10.2. The fraction of sp³-hybridized carbons (Fsp3) is 0.150. The van der Waals surface area contributed by atoms with E-state index in [0.717, 1.165) is 20.8 Å². The lowest BCUT2D eigenvalue weighted by Gasteiger charge is -2.18. The smallest absolute Gasteiger partial charge is 0.337 e. The molecule has 0 saturated carbocycles. The number of thiol groups is 1. The van der Waals surface area contributed by atoms with Crippen LogP contribution >= 0.6 is 11.3 Å². The Morgan fingerprint density at radius 3 is 2.71 bits per heavy atom. The zero-order valence-electron chi connectivity index (χ0n) is 16.8. The number of nitrogens with zero attached hydrogens (tertiary/aromatic N) is 4. The van der Waals surface area contributed by atoms with Crippen LogP contribution in [0.3, 0.4) is 0 Å². The summed E-state index contributed by atoms with van der Waals surface area (Å²) < 4.78 is 37.2. The fourth-order valence-electron chi connectivity index (χ4n) is 3.28. The summed E-state index contributed by atoms with van der Waals surface area (Å²) in [5.74, 6) is -0.132. The van der Waals surface area contributed by atoms with Crippen molar-refractivity contribution in [3.8, 4) is 16.3 Å². The number of hydrogen-bond acceptors (Lipinski definition) is 8. The van der Waals surface area contributed by atoms with Crippen LogP contribution in [0.1, 0.15) is 10.4 Å². The number of carbonyl (C=O) groups is 1. The lowest BCUT2D eigenvalue weighted by Crippen LogP contribution is -2.16. The molecule has 0 spiro atoms. The molecule has 2 aromatic heterocycles. The van der Waals surface area contributed by atoms with Gasteiger partial charge in [-0.05, 0) is 24.3 Å². The molecule has 4 aromatic rings. The molecule has 2 heterocycles. The molecule has 0 radical (unpaired) electrons. The van der Waals surface area contributed by atoms with Crippen LogP contribution in [0, 0.1) is 0 Å². The first-order chi connectivity index (χ1) is 14.9. The topological polar surface area (TPSA) is 104 Å². The molecule has 0 aliphatic carbocycles. The van der Waals surface area contributed by atoms with Crippen LogP contribution in [-0.2, 0) is 22.7 Å². The average Bonchev–Trinajstić information content (AvgIpc) is 3.40. The predicted molar refractivity (Wildman–Crippen MR) is 119 cm³/mol. The van der Waals surface area contributed by atoms with Gasteiger partial charge < -0.3 is 9.47 Å². The quantitative estimate of drug-likeness (QED) is 0.350. The average molecular weight is 459 g/mol. The molecule has 4 rings (SSSR count). The molecule has 11 heteroatoms. The summed E-state index contributed by atoms with van der Waals surface area (Å²) in [6.45, 7) is 0. The third-order valence-electron chi connectivity index (χ3n) is 4.69. The largest absolute Gasteiger partial charge is 0.495 e. The Hall–Kier alpha value is -3.44. The van der Waals surface area contributed by atoms with E-state index in [9.17, 15) is 13.2 Å².